The quantitative estimate of drug-likeness (QED) is 0.567. The molecule has 1 heterocycles. The first-order valence-electron chi connectivity index (χ1n) is 5.46. The Balaban J connectivity index is 2.79. The molecule has 0 aromatic carbocycles. The van der Waals surface area contributed by atoms with Gasteiger partial charge in [0.2, 0.25) is 0 Å². The van der Waals surface area contributed by atoms with Gasteiger partial charge in [0.05, 0.1) is 4.99 Å². The van der Waals surface area contributed by atoms with E-state index in [-0.39, 0.29) is 0 Å². The van der Waals surface area contributed by atoms with Crippen LogP contribution in [0, 0.1) is 10.8 Å². The SMILES string of the molecule is CN1CCC(C)(C)CC(C)(C)CC1=S. The molecule has 1 nitrogen and oxygen atoms in total. The van der Waals surface area contributed by atoms with E-state index in [1.54, 1.807) is 0 Å². The van der Waals surface area contributed by atoms with Gasteiger partial charge in [-0.1, -0.05) is 39.9 Å². The molecule has 0 unspecified atom stereocenters. The molecule has 1 aliphatic heterocycles. The Bertz CT molecular complexity index is 230. The fraction of sp³-hybridized carbons (Fsp3) is 0.917. The highest BCUT2D eigenvalue weighted by molar-refractivity contribution is 7.80. The van der Waals surface area contributed by atoms with Crippen LogP contribution in [0.5, 0.6) is 0 Å². The van der Waals surface area contributed by atoms with Crippen molar-refractivity contribution in [2.45, 2.75) is 47.0 Å². The van der Waals surface area contributed by atoms with E-state index in [2.05, 4.69) is 39.6 Å². The average molecular weight is 213 g/mol. The number of rotatable bonds is 0. The minimum atomic E-state index is 0.356. The molecule has 0 amide bonds. The summed E-state index contributed by atoms with van der Waals surface area (Å²) in [4.78, 5) is 3.38. The van der Waals surface area contributed by atoms with Crippen molar-refractivity contribution in [3.63, 3.8) is 0 Å². The second-order valence-electron chi connectivity index (χ2n) is 6.25. The molecule has 2 heteroatoms. The zero-order valence-electron chi connectivity index (χ0n) is 10.2. The molecule has 0 aromatic heterocycles. The van der Waals surface area contributed by atoms with E-state index < -0.39 is 0 Å². The van der Waals surface area contributed by atoms with Crippen LogP contribution in [-0.4, -0.2) is 23.5 Å². The Morgan fingerprint density at radius 2 is 1.71 bits per heavy atom. The van der Waals surface area contributed by atoms with E-state index in [9.17, 15) is 0 Å². The average Bonchev–Trinajstić information content (AvgIpc) is 1.95. The van der Waals surface area contributed by atoms with Crippen molar-refractivity contribution in [3.05, 3.63) is 0 Å². The molecule has 0 radical (unpaired) electrons. The molecule has 1 aliphatic rings. The van der Waals surface area contributed by atoms with Gasteiger partial charge in [-0.2, -0.15) is 0 Å². The lowest BCUT2D eigenvalue weighted by molar-refractivity contribution is 0.162. The molecule has 1 saturated heterocycles. The minimum Gasteiger partial charge on any atom is -0.369 e. The summed E-state index contributed by atoms with van der Waals surface area (Å²) in [6.07, 6.45) is 3.57. The van der Waals surface area contributed by atoms with Crippen LogP contribution in [0.25, 0.3) is 0 Å². The largest absolute Gasteiger partial charge is 0.369 e. The smallest absolute Gasteiger partial charge is 0.0782 e. The second-order valence-corrected chi connectivity index (χ2v) is 6.72. The van der Waals surface area contributed by atoms with Gasteiger partial charge in [0.15, 0.2) is 0 Å². The number of hydrogen-bond donors (Lipinski definition) is 0. The maximum absolute atomic E-state index is 5.43. The van der Waals surface area contributed by atoms with Gasteiger partial charge in [-0.25, -0.2) is 0 Å². The fourth-order valence-electron chi connectivity index (χ4n) is 2.59. The summed E-state index contributed by atoms with van der Waals surface area (Å²) in [6.45, 7) is 10.5. The molecular formula is C12H23NS. The molecule has 1 rings (SSSR count). The van der Waals surface area contributed by atoms with Crippen LogP contribution in [0.15, 0.2) is 0 Å². The highest BCUT2D eigenvalue weighted by Crippen LogP contribution is 2.40. The first-order chi connectivity index (χ1) is 6.22. The summed E-state index contributed by atoms with van der Waals surface area (Å²) in [5, 5.41) is 0. The molecule has 1 fully saturated rings. The molecule has 0 saturated carbocycles. The molecule has 14 heavy (non-hydrogen) atoms. The van der Waals surface area contributed by atoms with Gasteiger partial charge in [-0.15, -0.1) is 0 Å². The normalized spacial score (nSPS) is 26.9. The van der Waals surface area contributed by atoms with Crippen LogP contribution in [0.2, 0.25) is 0 Å². The minimum absolute atomic E-state index is 0.356. The van der Waals surface area contributed by atoms with Gasteiger partial charge in [-0.3, -0.25) is 0 Å². The van der Waals surface area contributed by atoms with E-state index in [1.165, 1.54) is 12.8 Å². The molecule has 0 bridgehead atoms. The zero-order valence-corrected chi connectivity index (χ0v) is 11.0. The predicted octanol–water partition coefficient (Wildman–Crippen LogP) is 3.48. The molecule has 0 aromatic rings. The van der Waals surface area contributed by atoms with Crippen molar-refractivity contribution in [2.24, 2.45) is 10.8 Å². The molecule has 0 atom stereocenters. The predicted molar refractivity (Wildman–Crippen MR) is 66.6 cm³/mol. The third kappa shape index (κ3) is 3.23. The van der Waals surface area contributed by atoms with E-state index in [0.717, 1.165) is 18.0 Å². The molecule has 82 valence electrons. The molecule has 0 spiro atoms. The summed E-state index contributed by atoms with van der Waals surface area (Å²) >= 11 is 5.43. The lowest BCUT2D eigenvalue weighted by Gasteiger charge is -2.40. The van der Waals surface area contributed by atoms with Gasteiger partial charge >= 0.3 is 0 Å². The van der Waals surface area contributed by atoms with E-state index in [0.29, 0.717) is 10.8 Å². The molecule has 0 aliphatic carbocycles. The topological polar surface area (TPSA) is 3.24 Å². The summed E-state index contributed by atoms with van der Waals surface area (Å²) in [7, 11) is 2.12. The number of likely N-dealkylation sites (tertiary alicyclic amines) is 1. The van der Waals surface area contributed by atoms with Crippen LogP contribution in [0.4, 0.5) is 0 Å². The number of hydrogen-bond acceptors (Lipinski definition) is 1. The summed E-state index contributed by atoms with van der Waals surface area (Å²) in [5.41, 5.74) is 0.809. The van der Waals surface area contributed by atoms with Crippen LogP contribution in [-0.2, 0) is 0 Å². The lowest BCUT2D eigenvalue weighted by atomic mass is 9.71. The summed E-state index contributed by atoms with van der Waals surface area (Å²) < 4.78 is 0. The third-order valence-electron chi connectivity index (χ3n) is 3.14. The van der Waals surface area contributed by atoms with Gasteiger partial charge in [0, 0.05) is 20.0 Å². The molecular weight excluding hydrogens is 190 g/mol. The van der Waals surface area contributed by atoms with Crippen molar-refractivity contribution in [1.82, 2.24) is 4.90 Å². The van der Waals surface area contributed by atoms with Crippen LogP contribution in [0.3, 0.4) is 0 Å². The Morgan fingerprint density at radius 1 is 1.14 bits per heavy atom. The maximum Gasteiger partial charge on any atom is 0.0782 e. The van der Waals surface area contributed by atoms with E-state index >= 15 is 0 Å². The summed E-state index contributed by atoms with van der Waals surface area (Å²) in [6, 6.07) is 0. The van der Waals surface area contributed by atoms with Crippen LogP contribution in [0.1, 0.15) is 47.0 Å². The van der Waals surface area contributed by atoms with Crippen molar-refractivity contribution in [1.29, 1.82) is 0 Å². The summed E-state index contributed by atoms with van der Waals surface area (Å²) in [5.74, 6) is 0. The van der Waals surface area contributed by atoms with Crippen molar-refractivity contribution >= 4 is 17.2 Å². The van der Waals surface area contributed by atoms with E-state index in [4.69, 9.17) is 12.2 Å². The van der Waals surface area contributed by atoms with Gasteiger partial charge < -0.3 is 4.90 Å². The first-order valence-corrected chi connectivity index (χ1v) is 5.87. The van der Waals surface area contributed by atoms with Gasteiger partial charge in [0.1, 0.15) is 0 Å². The standard InChI is InChI=1S/C12H23NS/c1-11(2)6-7-13(5)10(14)8-12(3,4)9-11/h6-9H2,1-5H3. The first kappa shape index (κ1) is 12.0. The van der Waals surface area contributed by atoms with Crippen LogP contribution >= 0.6 is 12.2 Å². The van der Waals surface area contributed by atoms with Crippen molar-refractivity contribution in [3.8, 4) is 0 Å². The Labute approximate surface area is 93.9 Å². The fourth-order valence-corrected chi connectivity index (χ4v) is 3.07. The zero-order chi connectivity index (χ0) is 11.0. The monoisotopic (exact) mass is 213 g/mol. The van der Waals surface area contributed by atoms with Crippen LogP contribution < -0.4 is 0 Å². The van der Waals surface area contributed by atoms with E-state index in [1.807, 2.05) is 0 Å². The Morgan fingerprint density at radius 3 is 2.29 bits per heavy atom. The van der Waals surface area contributed by atoms with Gasteiger partial charge in [-0.05, 0) is 23.7 Å². The number of thiocarbonyl (C=S) groups is 1. The Kier molecular flexibility index (Phi) is 3.25. The highest BCUT2D eigenvalue weighted by atomic mass is 32.1. The maximum atomic E-state index is 5.43. The number of nitrogens with zero attached hydrogens (tertiary/aromatic N) is 1. The molecule has 0 N–H and O–H groups in total. The second kappa shape index (κ2) is 3.80. The third-order valence-corrected chi connectivity index (χ3v) is 3.59. The van der Waals surface area contributed by atoms with Crippen molar-refractivity contribution < 1.29 is 0 Å². The highest BCUT2D eigenvalue weighted by Gasteiger charge is 2.32. The van der Waals surface area contributed by atoms with Gasteiger partial charge in [0.25, 0.3) is 0 Å². The lowest BCUT2D eigenvalue weighted by Crippen LogP contribution is -2.38. The Hall–Kier alpha value is -0.110. The van der Waals surface area contributed by atoms with Crippen molar-refractivity contribution in [2.75, 3.05) is 13.6 Å².